The number of para-hydroxylation sites is 1. The second-order valence-electron chi connectivity index (χ2n) is 6.39. The average Bonchev–Trinajstić information content (AvgIpc) is 3.33. The number of nitrogens with zero attached hydrogens (tertiary/aromatic N) is 5. The van der Waals surface area contributed by atoms with Crippen LogP contribution in [0.2, 0.25) is 0 Å². The molecule has 0 unspecified atom stereocenters. The van der Waals surface area contributed by atoms with Gasteiger partial charge in [0.05, 0.1) is 40.0 Å². The molecule has 0 radical (unpaired) electrons. The highest BCUT2D eigenvalue weighted by Crippen LogP contribution is 2.29. The molecular weight excluding hydrogens is 398 g/mol. The second-order valence-corrected chi connectivity index (χ2v) is 8.86. The van der Waals surface area contributed by atoms with Crippen LogP contribution >= 0.6 is 34.9 Å². The third kappa shape index (κ3) is 4.01. The van der Waals surface area contributed by atoms with Crippen LogP contribution in [0.25, 0.3) is 10.2 Å². The van der Waals surface area contributed by atoms with E-state index < -0.39 is 0 Å². The van der Waals surface area contributed by atoms with Crippen LogP contribution in [0.1, 0.15) is 34.6 Å². The molecule has 0 aliphatic rings. The number of fused-ring (bicyclic) bond motifs is 1. The van der Waals surface area contributed by atoms with E-state index in [4.69, 9.17) is 21.6 Å². The van der Waals surface area contributed by atoms with E-state index in [1.54, 1.807) is 27.4 Å². The Morgan fingerprint density at radius 3 is 2.85 bits per heavy atom. The third-order valence-electron chi connectivity index (χ3n) is 4.33. The molecule has 0 aliphatic carbocycles. The third-order valence-corrected chi connectivity index (χ3v) is 6.66. The van der Waals surface area contributed by atoms with Crippen molar-refractivity contribution in [2.45, 2.75) is 33.0 Å². The quantitative estimate of drug-likeness (QED) is 0.419. The lowest BCUT2D eigenvalue weighted by atomic mass is 10.3. The Balaban J connectivity index is 1.48. The summed E-state index contributed by atoms with van der Waals surface area (Å²) in [5.74, 6) is 0.589. The van der Waals surface area contributed by atoms with Crippen molar-refractivity contribution in [1.29, 1.82) is 0 Å². The van der Waals surface area contributed by atoms with Crippen molar-refractivity contribution in [3.8, 4) is 0 Å². The number of benzene rings is 1. The Labute approximate surface area is 170 Å². The first-order valence-corrected chi connectivity index (χ1v) is 10.6. The number of aryl methyl sites for hydroxylation is 1. The Morgan fingerprint density at radius 1 is 1.30 bits per heavy atom. The molecule has 0 N–H and O–H groups in total. The molecule has 3 aromatic heterocycles. The summed E-state index contributed by atoms with van der Waals surface area (Å²) in [6, 6.07) is 8.34. The first-order valence-electron chi connectivity index (χ1n) is 8.53. The average molecular weight is 418 g/mol. The van der Waals surface area contributed by atoms with Crippen LogP contribution in [-0.2, 0) is 13.1 Å². The van der Waals surface area contributed by atoms with E-state index >= 15 is 0 Å². The van der Waals surface area contributed by atoms with Gasteiger partial charge in [-0.1, -0.05) is 12.1 Å². The molecule has 1 atom stereocenters. The Morgan fingerprint density at radius 2 is 2.11 bits per heavy atom. The van der Waals surface area contributed by atoms with Gasteiger partial charge < -0.3 is 4.42 Å². The molecule has 0 bridgehead atoms. The lowest BCUT2D eigenvalue weighted by Crippen LogP contribution is -2.26. The van der Waals surface area contributed by atoms with Gasteiger partial charge in [-0.25, -0.2) is 14.6 Å². The maximum absolute atomic E-state index is 5.65. The molecule has 3 heterocycles. The van der Waals surface area contributed by atoms with Crippen molar-refractivity contribution < 1.29 is 4.42 Å². The number of hydrogen-bond acceptors (Lipinski definition) is 8. The largest absolute Gasteiger partial charge is 0.414 e. The van der Waals surface area contributed by atoms with E-state index in [-0.39, 0.29) is 6.04 Å². The number of rotatable bonds is 6. The fourth-order valence-electron chi connectivity index (χ4n) is 2.75. The number of aromatic nitrogens is 4. The van der Waals surface area contributed by atoms with Gasteiger partial charge >= 0.3 is 0 Å². The maximum Gasteiger partial charge on any atom is 0.288 e. The van der Waals surface area contributed by atoms with Gasteiger partial charge in [0.15, 0.2) is 0 Å². The molecule has 27 heavy (non-hydrogen) atoms. The first kappa shape index (κ1) is 18.4. The van der Waals surface area contributed by atoms with Gasteiger partial charge in [-0.2, -0.15) is 0 Å². The zero-order chi connectivity index (χ0) is 19.0. The van der Waals surface area contributed by atoms with Gasteiger partial charge in [-0.15, -0.1) is 27.8 Å². The van der Waals surface area contributed by atoms with Crippen molar-refractivity contribution in [3.05, 3.63) is 56.1 Å². The van der Waals surface area contributed by atoms with E-state index in [0.29, 0.717) is 23.8 Å². The lowest BCUT2D eigenvalue weighted by Gasteiger charge is -2.22. The van der Waals surface area contributed by atoms with Crippen LogP contribution in [-0.4, -0.2) is 31.7 Å². The van der Waals surface area contributed by atoms with Crippen molar-refractivity contribution in [3.63, 3.8) is 0 Å². The lowest BCUT2D eigenvalue weighted by molar-refractivity contribution is 0.192. The minimum Gasteiger partial charge on any atom is -0.414 e. The zero-order valence-corrected chi connectivity index (χ0v) is 17.7. The molecule has 4 rings (SSSR count). The fraction of sp³-hybridized carbons (Fsp3) is 0.333. The summed E-state index contributed by atoms with van der Waals surface area (Å²) in [7, 11) is 2.04. The highest BCUT2D eigenvalue weighted by Gasteiger charge is 2.18. The van der Waals surface area contributed by atoms with Crippen molar-refractivity contribution in [1.82, 2.24) is 24.6 Å². The zero-order valence-electron chi connectivity index (χ0n) is 15.2. The van der Waals surface area contributed by atoms with Gasteiger partial charge in [0.1, 0.15) is 5.01 Å². The monoisotopic (exact) mass is 417 g/mol. The molecule has 1 aromatic carbocycles. The van der Waals surface area contributed by atoms with Gasteiger partial charge in [0, 0.05) is 5.38 Å². The highest BCUT2D eigenvalue weighted by molar-refractivity contribution is 7.71. The molecule has 140 valence electrons. The van der Waals surface area contributed by atoms with E-state index in [0.717, 1.165) is 21.2 Å². The number of thiazole rings is 2. The SMILES string of the molecule is Cc1nc(Cc2nn(CN(C)[C@H](C)c3nc4ccccc4s3)c(=S)o2)cs1. The predicted molar refractivity (Wildman–Crippen MR) is 111 cm³/mol. The van der Waals surface area contributed by atoms with Crippen LogP contribution in [0.3, 0.4) is 0 Å². The summed E-state index contributed by atoms with van der Waals surface area (Å²) in [6.07, 6.45) is 0.554. The molecule has 6 nitrogen and oxygen atoms in total. The van der Waals surface area contributed by atoms with Crippen LogP contribution in [0.5, 0.6) is 0 Å². The van der Waals surface area contributed by atoms with Crippen LogP contribution < -0.4 is 0 Å². The predicted octanol–water partition coefficient (Wildman–Crippen LogP) is 4.82. The Hall–Kier alpha value is -1.94. The van der Waals surface area contributed by atoms with Crippen LogP contribution in [0.4, 0.5) is 0 Å². The maximum atomic E-state index is 5.65. The van der Waals surface area contributed by atoms with Crippen LogP contribution in [0.15, 0.2) is 34.1 Å². The normalized spacial score (nSPS) is 12.9. The molecule has 0 amide bonds. The van der Waals surface area contributed by atoms with Gasteiger partial charge in [0.25, 0.3) is 4.84 Å². The molecule has 0 fully saturated rings. The molecule has 4 aromatic rings. The van der Waals surface area contributed by atoms with E-state index in [9.17, 15) is 0 Å². The van der Waals surface area contributed by atoms with Gasteiger partial charge in [-0.05, 0) is 45.2 Å². The molecule has 0 saturated carbocycles. The van der Waals surface area contributed by atoms with E-state index in [1.807, 2.05) is 37.6 Å². The summed E-state index contributed by atoms with van der Waals surface area (Å²) >= 11 is 8.68. The Bertz CT molecular complexity index is 1090. The second kappa shape index (κ2) is 7.59. The van der Waals surface area contributed by atoms with Crippen LogP contribution in [0, 0.1) is 11.8 Å². The van der Waals surface area contributed by atoms with Crippen molar-refractivity contribution in [2.75, 3.05) is 7.05 Å². The fourth-order valence-corrected chi connectivity index (χ4v) is 4.64. The smallest absolute Gasteiger partial charge is 0.288 e. The van der Waals surface area contributed by atoms with E-state index in [1.165, 1.54) is 4.70 Å². The highest BCUT2D eigenvalue weighted by atomic mass is 32.1. The van der Waals surface area contributed by atoms with Gasteiger partial charge in [0.2, 0.25) is 5.89 Å². The summed E-state index contributed by atoms with van der Waals surface area (Å²) in [4.78, 5) is 11.7. The molecule has 9 heteroatoms. The van der Waals surface area contributed by atoms with Crippen molar-refractivity contribution >= 4 is 45.1 Å². The summed E-state index contributed by atoms with van der Waals surface area (Å²) in [5, 5.41) is 8.66. The summed E-state index contributed by atoms with van der Waals surface area (Å²) in [6.45, 7) is 4.66. The first-order chi connectivity index (χ1) is 13.0. The van der Waals surface area contributed by atoms with Crippen molar-refractivity contribution in [2.24, 2.45) is 0 Å². The molecule has 0 saturated heterocycles. The molecule has 0 spiro atoms. The standard InChI is InChI=1S/C18H19N5OS3/c1-11(17-20-14-6-4-5-7-15(14)27-17)22(3)10-23-18(25)24-16(21-23)8-13-9-26-12(2)19-13/h4-7,9,11H,8,10H2,1-3H3/t11-/m1/s1. The molecular formula is C18H19N5OS3. The Kier molecular flexibility index (Phi) is 5.18. The minimum atomic E-state index is 0.144. The summed E-state index contributed by atoms with van der Waals surface area (Å²) in [5.41, 5.74) is 1.99. The van der Waals surface area contributed by atoms with E-state index in [2.05, 4.69) is 28.0 Å². The summed E-state index contributed by atoms with van der Waals surface area (Å²) < 4.78 is 8.57. The number of hydrogen-bond donors (Lipinski definition) is 0. The van der Waals surface area contributed by atoms with Gasteiger partial charge in [-0.3, -0.25) is 4.90 Å². The topological polar surface area (TPSA) is 60.0 Å². The minimum absolute atomic E-state index is 0.144. The molecule has 0 aliphatic heterocycles.